The fraction of sp³-hybridized carbons (Fsp3) is 0.455. The van der Waals surface area contributed by atoms with E-state index in [-0.39, 0.29) is 17.9 Å². The monoisotopic (exact) mass is 285 g/mol. The lowest BCUT2D eigenvalue weighted by molar-refractivity contribution is -0.119. The molecule has 5 heteroatoms. The van der Waals surface area contributed by atoms with Crippen LogP contribution >= 0.6 is 15.9 Å². The number of hydrogen-bond donors (Lipinski definition) is 2. The second-order valence-electron chi connectivity index (χ2n) is 3.85. The van der Waals surface area contributed by atoms with Crippen molar-refractivity contribution in [3.8, 4) is 0 Å². The van der Waals surface area contributed by atoms with Crippen molar-refractivity contribution >= 4 is 27.7 Å². The predicted octanol–water partition coefficient (Wildman–Crippen LogP) is 2.03. The van der Waals surface area contributed by atoms with E-state index in [2.05, 4.69) is 31.5 Å². The first-order chi connectivity index (χ1) is 7.54. The third kappa shape index (κ3) is 3.57. The lowest BCUT2D eigenvalue weighted by Crippen LogP contribution is -2.42. The number of aromatic nitrogens is 1. The molecule has 0 bridgehead atoms. The summed E-state index contributed by atoms with van der Waals surface area (Å²) >= 11 is 3.26. The summed E-state index contributed by atoms with van der Waals surface area (Å²) in [6, 6.07) is 5.19. The van der Waals surface area contributed by atoms with Crippen molar-refractivity contribution in [2.75, 3.05) is 12.4 Å². The van der Waals surface area contributed by atoms with Crippen LogP contribution in [0, 0.1) is 5.92 Å². The number of likely N-dealkylation sites (N-methyl/N-ethyl adjacent to an activating group) is 1. The number of halogens is 1. The van der Waals surface area contributed by atoms with Gasteiger partial charge in [-0.25, -0.2) is 4.98 Å². The zero-order valence-electron chi connectivity index (χ0n) is 9.62. The number of anilines is 1. The number of pyridine rings is 1. The van der Waals surface area contributed by atoms with E-state index in [9.17, 15) is 4.79 Å². The Morgan fingerprint density at radius 1 is 1.44 bits per heavy atom. The fourth-order valence-corrected chi connectivity index (χ4v) is 1.79. The molecule has 0 aromatic carbocycles. The Kier molecular flexibility index (Phi) is 4.89. The zero-order chi connectivity index (χ0) is 12.1. The number of carbonyl (C=O) groups is 1. The van der Waals surface area contributed by atoms with Gasteiger partial charge in [-0.15, -0.1) is 0 Å². The highest BCUT2D eigenvalue weighted by Crippen LogP contribution is 2.11. The van der Waals surface area contributed by atoms with E-state index in [0.717, 1.165) is 0 Å². The summed E-state index contributed by atoms with van der Waals surface area (Å²) in [5, 5.41) is 5.76. The Hall–Kier alpha value is -0.940. The number of amides is 1. The van der Waals surface area contributed by atoms with Gasteiger partial charge in [-0.1, -0.05) is 19.9 Å². The zero-order valence-corrected chi connectivity index (χ0v) is 11.2. The minimum Gasteiger partial charge on any atom is -0.309 e. The van der Waals surface area contributed by atoms with Crippen LogP contribution in [0.5, 0.6) is 0 Å². The van der Waals surface area contributed by atoms with E-state index >= 15 is 0 Å². The van der Waals surface area contributed by atoms with Gasteiger partial charge < -0.3 is 10.6 Å². The summed E-state index contributed by atoms with van der Waals surface area (Å²) in [5.41, 5.74) is 0. The van der Waals surface area contributed by atoms with E-state index in [1.54, 1.807) is 13.1 Å². The quantitative estimate of drug-likeness (QED) is 0.833. The first kappa shape index (κ1) is 13.1. The first-order valence-corrected chi connectivity index (χ1v) is 5.94. The summed E-state index contributed by atoms with van der Waals surface area (Å²) in [6.07, 6.45) is 0. The molecule has 16 heavy (non-hydrogen) atoms. The van der Waals surface area contributed by atoms with Gasteiger partial charge in [0.2, 0.25) is 5.91 Å². The molecule has 1 atom stereocenters. The molecule has 1 heterocycles. The average Bonchev–Trinajstić information content (AvgIpc) is 2.17. The molecule has 1 aromatic rings. The largest absolute Gasteiger partial charge is 0.309 e. The molecule has 4 nitrogen and oxygen atoms in total. The number of carbonyl (C=O) groups excluding carboxylic acids is 1. The molecule has 1 unspecified atom stereocenters. The molecule has 0 saturated heterocycles. The third-order valence-corrected chi connectivity index (χ3v) is 2.67. The van der Waals surface area contributed by atoms with E-state index in [1.165, 1.54) is 0 Å². The lowest BCUT2D eigenvalue weighted by Gasteiger charge is -2.18. The van der Waals surface area contributed by atoms with Gasteiger partial charge in [0.1, 0.15) is 10.4 Å². The van der Waals surface area contributed by atoms with Gasteiger partial charge in [-0.05, 0) is 41.0 Å². The van der Waals surface area contributed by atoms with Crippen molar-refractivity contribution in [1.29, 1.82) is 0 Å². The molecule has 0 aliphatic carbocycles. The van der Waals surface area contributed by atoms with E-state index in [1.807, 2.05) is 26.0 Å². The molecule has 2 N–H and O–H groups in total. The van der Waals surface area contributed by atoms with Gasteiger partial charge in [0.15, 0.2) is 0 Å². The number of nitrogens with zero attached hydrogens (tertiary/aromatic N) is 1. The first-order valence-electron chi connectivity index (χ1n) is 5.15. The number of rotatable bonds is 4. The van der Waals surface area contributed by atoms with Gasteiger partial charge >= 0.3 is 0 Å². The molecule has 0 aliphatic heterocycles. The maximum atomic E-state index is 11.9. The Morgan fingerprint density at radius 3 is 2.62 bits per heavy atom. The fourth-order valence-electron chi connectivity index (χ4n) is 1.45. The van der Waals surface area contributed by atoms with Crippen LogP contribution in [0.1, 0.15) is 13.8 Å². The van der Waals surface area contributed by atoms with Crippen molar-refractivity contribution < 1.29 is 4.79 Å². The predicted molar refractivity (Wildman–Crippen MR) is 68.3 cm³/mol. The topological polar surface area (TPSA) is 54.0 Å². The third-order valence-electron chi connectivity index (χ3n) is 2.23. The molecule has 0 spiro atoms. The molecule has 1 rings (SSSR count). The molecule has 0 saturated carbocycles. The van der Waals surface area contributed by atoms with Gasteiger partial charge in [0.25, 0.3) is 0 Å². The summed E-state index contributed by atoms with van der Waals surface area (Å²) in [4.78, 5) is 16.0. The molecular formula is C11H16BrN3O. The molecule has 0 radical (unpaired) electrons. The minimum atomic E-state index is -0.208. The summed E-state index contributed by atoms with van der Waals surface area (Å²) in [5.74, 6) is 0.723. The second kappa shape index (κ2) is 5.96. The van der Waals surface area contributed by atoms with Gasteiger partial charge in [-0.2, -0.15) is 0 Å². The highest BCUT2D eigenvalue weighted by molar-refractivity contribution is 9.10. The van der Waals surface area contributed by atoms with Crippen LogP contribution in [0.3, 0.4) is 0 Å². The van der Waals surface area contributed by atoms with Crippen molar-refractivity contribution in [1.82, 2.24) is 10.3 Å². The Morgan fingerprint density at radius 2 is 2.12 bits per heavy atom. The Bertz CT molecular complexity index is 368. The van der Waals surface area contributed by atoms with E-state index < -0.39 is 0 Å². The second-order valence-corrected chi connectivity index (χ2v) is 4.66. The normalized spacial score (nSPS) is 12.6. The maximum Gasteiger partial charge on any atom is 0.242 e. The summed E-state index contributed by atoms with van der Waals surface area (Å²) < 4.78 is 0.704. The SMILES string of the molecule is CNC(C(=O)Nc1cccc(Br)n1)C(C)C. The minimum absolute atomic E-state index is 0.0666. The van der Waals surface area contributed by atoms with E-state index in [4.69, 9.17) is 0 Å². The maximum absolute atomic E-state index is 11.9. The van der Waals surface area contributed by atoms with Gasteiger partial charge in [0.05, 0.1) is 6.04 Å². The molecular weight excluding hydrogens is 270 g/mol. The van der Waals surface area contributed by atoms with Crippen molar-refractivity contribution in [3.63, 3.8) is 0 Å². The van der Waals surface area contributed by atoms with Crippen LogP contribution in [-0.2, 0) is 4.79 Å². The summed E-state index contributed by atoms with van der Waals surface area (Å²) in [6.45, 7) is 3.99. The molecule has 88 valence electrons. The average molecular weight is 286 g/mol. The molecule has 1 aromatic heterocycles. The van der Waals surface area contributed by atoms with Gasteiger partial charge in [0, 0.05) is 0 Å². The van der Waals surface area contributed by atoms with Crippen molar-refractivity contribution in [2.24, 2.45) is 5.92 Å². The van der Waals surface area contributed by atoms with Crippen LogP contribution in [0.15, 0.2) is 22.8 Å². The highest BCUT2D eigenvalue weighted by Gasteiger charge is 2.20. The summed E-state index contributed by atoms with van der Waals surface area (Å²) in [7, 11) is 1.78. The smallest absolute Gasteiger partial charge is 0.242 e. The van der Waals surface area contributed by atoms with Crippen LogP contribution in [0.2, 0.25) is 0 Å². The van der Waals surface area contributed by atoms with Crippen LogP contribution in [-0.4, -0.2) is 24.0 Å². The Balaban J connectivity index is 2.70. The molecule has 0 fully saturated rings. The van der Waals surface area contributed by atoms with Crippen molar-refractivity contribution in [3.05, 3.63) is 22.8 Å². The number of nitrogens with one attached hydrogen (secondary N) is 2. The van der Waals surface area contributed by atoms with Crippen molar-refractivity contribution in [2.45, 2.75) is 19.9 Å². The lowest BCUT2D eigenvalue weighted by atomic mass is 10.0. The van der Waals surface area contributed by atoms with Crippen LogP contribution in [0.25, 0.3) is 0 Å². The van der Waals surface area contributed by atoms with E-state index in [0.29, 0.717) is 10.4 Å². The standard InChI is InChI=1S/C11H16BrN3O/c1-7(2)10(13-3)11(16)15-9-6-4-5-8(12)14-9/h4-7,10,13H,1-3H3,(H,14,15,16). The highest BCUT2D eigenvalue weighted by atomic mass is 79.9. The van der Waals surface area contributed by atoms with Crippen LogP contribution < -0.4 is 10.6 Å². The molecule has 0 aliphatic rings. The number of hydrogen-bond acceptors (Lipinski definition) is 3. The molecule has 1 amide bonds. The van der Waals surface area contributed by atoms with Gasteiger partial charge in [-0.3, -0.25) is 4.79 Å². The Labute approximate surface area is 104 Å². The van der Waals surface area contributed by atoms with Crippen LogP contribution in [0.4, 0.5) is 5.82 Å².